The van der Waals surface area contributed by atoms with E-state index in [1.54, 1.807) is 24.3 Å². The van der Waals surface area contributed by atoms with Crippen molar-refractivity contribution in [3.63, 3.8) is 0 Å². The molecule has 0 atom stereocenters. The Morgan fingerprint density at radius 3 is 2.03 bits per heavy atom. The molecule has 9 heteroatoms. The molecule has 0 aromatic heterocycles. The molecule has 0 radical (unpaired) electrons. The lowest BCUT2D eigenvalue weighted by Gasteiger charge is -2.36. The largest absolute Gasteiger partial charge is 0.417 e. The minimum atomic E-state index is -4.62. The number of nitrogens with one attached hydrogen (secondary N) is 1. The Morgan fingerprint density at radius 2 is 1.45 bits per heavy atom. The Balaban J connectivity index is 1.21. The highest BCUT2D eigenvalue weighted by atomic mass is 19.4. The maximum absolute atomic E-state index is 13.5. The fourth-order valence-electron chi connectivity index (χ4n) is 5.40. The molecule has 1 aliphatic heterocycles. The molecule has 198 valence electrons. The van der Waals surface area contributed by atoms with Crippen LogP contribution in [0.4, 0.5) is 27.6 Å². The smallest absolute Gasteiger partial charge is 0.339 e. The zero-order chi connectivity index (χ0) is 27.1. The summed E-state index contributed by atoms with van der Waals surface area (Å²) in [6, 6.07) is 14.7. The van der Waals surface area contributed by atoms with Crippen LogP contribution >= 0.6 is 0 Å². The zero-order valence-corrected chi connectivity index (χ0v) is 20.3. The van der Waals surface area contributed by atoms with Gasteiger partial charge in [-0.1, -0.05) is 24.3 Å². The fraction of sp³-hybridized carbons (Fsp3) is 0.310. The molecule has 0 unspecified atom stereocenters. The number of nitrogens with zero attached hydrogens (tertiary/aromatic N) is 1. The Bertz CT molecular complexity index is 1340. The Morgan fingerprint density at radius 1 is 0.842 bits per heavy atom. The van der Waals surface area contributed by atoms with Crippen molar-refractivity contribution in [2.75, 3.05) is 18.4 Å². The maximum Gasteiger partial charge on any atom is 0.417 e. The predicted molar refractivity (Wildman–Crippen MR) is 132 cm³/mol. The van der Waals surface area contributed by atoms with E-state index in [0.717, 1.165) is 12.1 Å². The van der Waals surface area contributed by atoms with Crippen molar-refractivity contribution in [2.24, 2.45) is 11.3 Å². The third kappa shape index (κ3) is 5.14. The number of amides is 2. The van der Waals surface area contributed by atoms with Gasteiger partial charge in [0.05, 0.1) is 16.5 Å². The number of hydrogen-bond donors (Lipinski definition) is 1. The van der Waals surface area contributed by atoms with Crippen LogP contribution in [0.3, 0.4) is 0 Å². The average Bonchev–Trinajstić information content (AvgIpc) is 3.70. The molecule has 2 fully saturated rings. The molecule has 1 aliphatic carbocycles. The van der Waals surface area contributed by atoms with Crippen LogP contribution in [0.5, 0.6) is 0 Å². The lowest BCUT2D eigenvalue weighted by molar-refractivity contribution is -0.138. The number of hydrogen-bond acceptors (Lipinski definition) is 2. The molecule has 1 saturated carbocycles. The lowest BCUT2D eigenvalue weighted by Crippen LogP contribution is -2.43. The normalized spacial score (nSPS) is 17.2. The Kier molecular flexibility index (Phi) is 6.71. The van der Waals surface area contributed by atoms with Gasteiger partial charge >= 0.3 is 6.18 Å². The van der Waals surface area contributed by atoms with Crippen molar-refractivity contribution in [1.29, 1.82) is 0 Å². The Labute approximate surface area is 216 Å². The highest BCUT2D eigenvalue weighted by Gasteiger charge is 2.55. The summed E-state index contributed by atoms with van der Waals surface area (Å²) in [5, 5.41) is 2.93. The van der Waals surface area contributed by atoms with E-state index in [1.807, 2.05) is 0 Å². The van der Waals surface area contributed by atoms with Crippen LogP contribution in [0, 0.1) is 23.0 Å². The highest BCUT2D eigenvalue weighted by Crippen LogP contribution is 2.56. The van der Waals surface area contributed by atoms with E-state index in [2.05, 4.69) is 5.32 Å². The molecule has 5 rings (SSSR count). The standard InChI is InChI=1S/C29H25F5N2O2/c30-21-15-19(16-22(31)17-21)18-5-7-23(8-6-18)35-27(38)28(11-12-28)20-9-13-36(14-10-20)26(37)24-3-1-2-4-25(24)29(32,33)34/h1-8,15-17,20H,9-14H2,(H,35,38). The van der Waals surface area contributed by atoms with Gasteiger partial charge in [0.2, 0.25) is 5.91 Å². The molecule has 0 spiro atoms. The monoisotopic (exact) mass is 528 g/mol. The molecule has 0 bridgehead atoms. The van der Waals surface area contributed by atoms with Crippen molar-refractivity contribution >= 4 is 17.5 Å². The van der Waals surface area contributed by atoms with Gasteiger partial charge in [-0.05, 0) is 79.1 Å². The molecule has 4 nitrogen and oxygen atoms in total. The van der Waals surface area contributed by atoms with E-state index >= 15 is 0 Å². The summed E-state index contributed by atoms with van der Waals surface area (Å²) < 4.78 is 67.2. The van der Waals surface area contributed by atoms with Crippen LogP contribution in [0.25, 0.3) is 11.1 Å². The molecule has 1 heterocycles. The minimum absolute atomic E-state index is 0.0129. The third-order valence-electron chi connectivity index (χ3n) is 7.61. The van der Waals surface area contributed by atoms with E-state index in [-0.39, 0.29) is 30.5 Å². The number of benzene rings is 3. The molecular formula is C29H25F5N2O2. The summed E-state index contributed by atoms with van der Waals surface area (Å²) in [6.45, 7) is 0.563. The number of alkyl halides is 3. The second-order valence-corrected chi connectivity index (χ2v) is 9.96. The molecule has 1 saturated heterocycles. The third-order valence-corrected chi connectivity index (χ3v) is 7.61. The van der Waals surface area contributed by atoms with Gasteiger partial charge in [-0.25, -0.2) is 8.78 Å². The van der Waals surface area contributed by atoms with E-state index in [4.69, 9.17) is 0 Å². The number of carbonyl (C=O) groups is 2. The second kappa shape index (κ2) is 9.85. The van der Waals surface area contributed by atoms with Gasteiger partial charge < -0.3 is 10.2 Å². The van der Waals surface area contributed by atoms with Gasteiger partial charge in [-0.2, -0.15) is 13.2 Å². The van der Waals surface area contributed by atoms with Crippen molar-refractivity contribution < 1.29 is 31.5 Å². The highest BCUT2D eigenvalue weighted by molar-refractivity contribution is 5.98. The molecule has 3 aromatic carbocycles. The fourth-order valence-corrected chi connectivity index (χ4v) is 5.40. The van der Waals surface area contributed by atoms with Crippen molar-refractivity contribution in [1.82, 2.24) is 4.90 Å². The van der Waals surface area contributed by atoms with E-state index in [9.17, 15) is 31.5 Å². The van der Waals surface area contributed by atoms with Crippen LogP contribution in [0.15, 0.2) is 66.7 Å². The molecule has 38 heavy (non-hydrogen) atoms. The molecule has 1 N–H and O–H groups in total. The Hall–Kier alpha value is -3.75. The molecule has 3 aromatic rings. The first kappa shape index (κ1) is 25.9. The summed E-state index contributed by atoms with van der Waals surface area (Å²) in [7, 11) is 0. The number of piperidine rings is 1. The molecule has 2 aliphatic rings. The number of carbonyl (C=O) groups excluding carboxylic acids is 2. The van der Waals surface area contributed by atoms with Gasteiger partial charge in [0, 0.05) is 24.8 Å². The van der Waals surface area contributed by atoms with Gasteiger partial charge in [0.15, 0.2) is 0 Å². The predicted octanol–water partition coefficient (Wildman–Crippen LogP) is 6.92. The van der Waals surface area contributed by atoms with Gasteiger partial charge in [0.1, 0.15) is 11.6 Å². The summed E-state index contributed by atoms with van der Waals surface area (Å²) in [4.78, 5) is 27.5. The van der Waals surface area contributed by atoms with Crippen molar-refractivity contribution in [2.45, 2.75) is 31.9 Å². The van der Waals surface area contributed by atoms with Crippen molar-refractivity contribution in [3.05, 3.63) is 89.5 Å². The van der Waals surface area contributed by atoms with Crippen LogP contribution in [0.1, 0.15) is 41.6 Å². The SMILES string of the molecule is O=C(c1ccccc1C(F)(F)F)N1CCC(C2(C(=O)Nc3ccc(-c4cc(F)cc(F)c4)cc3)CC2)CC1. The second-order valence-electron chi connectivity index (χ2n) is 9.96. The average molecular weight is 529 g/mol. The first-order valence-electron chi connectivity index (χ1n) is 12.4. The summed E-state index contributed by atoms with van der Waals surface area (Å²) in [5.41, 5.74) is -0.327. The number of halogens is 5. The number of anilines is 1. The lowest BCUT2D eigenvalue weighted by atomic mass is 9.80. The van der Waals surface area contributed by atoms with Gasteiger partial charge in [-0.3, -0.25) is 9.59 Å². The van der Waals surface area contributed by atoms with Crippen molar-refractivity contribution in [3.8, 4) is 11.1 Å². The quantitative estimate of drug-likeness (QED) is 0.366. The summed E-state index contributed by atoms with van der Waals surface area (Å²) in [6.07, 6.45) is -2.16. The van der Waals surface area contributed by atoms with E-state index in [1.165, 1.54) is 35.2 Å². The molecular weight excluding hydrogens is 503 g/mol. The van der Waals surface area contributed by atoms with Crippen LogP contribution in [-0.2, 0) is 11.0 Å². The maximum atomic E-state index is 13.5. The van der Waals surface area contributed by atoms with Crippen LogP contribution < -0.4 is 5.32 Å². The topological polar surface area (TPSA) is 49.4 Å². The zero-order valence-electron chi connectivity index (χ0n) is 20.3. The first-order valence-corrected chi connectivity index (χ1v) is 12.4. The number of rotatable bonds is 5. The van der Waals surface area contributed by atoms with E-state index in [0.29, 0.717) is 42.5 Å². The van der Waals surface area contributed by atoms with Crippen LogP contribution in [-0.4, -0.2) is 29.8 Å². The van der Waals surface area contributed by atoms with E-state index < -0.39 is 34.7 Å². The number of likely N-dealkylation sites (tertiary alicyclic amines) is 1. The minimum Gasteiger partial charge on any atom is -0.339 e. The summed E-state index contributed by atoms with van der Waals surface area (Å²) >= 11 is 0. The first-order chi connectivity index (χ1) is 18.1. The van der Waals surface area contributed by atoms with Crippen LogP contribution in [0.2, 0.25) is 0 Å². The van der Waals surface area contributed by atoms with Gasteiger partial charge in [-0.15, -0.1) is 0 Å². The summed E-state index contributed by atoms with van der Waals surface area (Å²) in [5.74, 6) is -2.12. The molecule has 2 amide bonds. The van der Waals surface area contributed by atoms with Gasteiger partial charge in [0.25, 0.3) is 5.91 Å².